The van der Waals surface area contributed by atoms with E-state index in [1.807, 2.05) is 18.2 Å². The molecule has 26 heavy (non-hydrogen) atoms. The highest BCUT2D eigenvalue weighted by Gasteiger charge is 2.18. The molecule has 2 aliphatic rings. The Bertz CT molecular complexity index is 770. The molecular weight excluding hydrogens is 338 g/mol. The Balaban J connectivity index is 1.29. The van der Waals surface area contributed by atoms with E-state index in [1.54, 1.807) is 6.07 Å². The van der Waals surface area contributed by atoms with Crippen LogP contribution in [0, 0.1) is 0 Å². The zero-order valence-corrected chi connectivity index (χ0v) is 14.4. The van der Waals surface area contributed by atoms with Crippen molar-refractivity contribution < 1.29 is 23.5 Å². The van der Waals surface area contributed by atoms with E-state index in [9.17, 15) is 4.79 Å². The van der Waals surface area contributed by atoms with Crippen LogP contribution in [0.1, 0.15) is 16.9 Å². The number of rotatable bonds is 6. The lowest BCUT2D eigenvalue weighted by atomic mass is 10.1. The molecule has 0 unspecified atom stereocenters. The van der Waals surface area contributed by atoms with Gasteiger partial charge in [-0.25, -0.2) is 0 Å². The largest absolute Gasteiger partial charge is 0.454 e. The van der Waals surface area contributed by atoms with Crippen molar-refractivity contribution in [2.45, 2.75) is 6.42 Å². The smallest absolute Gasteiger partial charge is 0.273 e. The van der Waals surface area contributed by atoms with E-state index in [0.717, 1.165) is 44.8 Å². The number of hydrogen-bond acceptors (Lipinski definition) is 7. The summed E-state index contributed by atoms with van der Waals surface area (Å²) in [5.41, 5.74) is 1.05. The van der Waals surface area contributed by atoms with Gasteiger partial charge in [-0.05, 0) is 31.2 Å². The van der Waals surface area contributed by atoms with E-state index in [0.29, 0.717) is 23.8 Å². The number of aromatic nitrogens is 1. The predicted octanol–water partition coefficient (Wildman–Crippen LogP) is 1.52. The Labute approximate surface area is 151 Å². The molecule has 8 heteroatoms. The highest BCUT2D eigenvalue weighted by atomic mass is 16.7. The molecule has 2 aliphatic heterocycles. The van der Waals surface area contributed by atoms with Crippen molar-refractivity contribution >= 4 is 5.91 Å². The van der Waals surface area contributed by atoms with Crippen molar-refractivity contribution in [2.75, 3.05) is 46.2 Å². The van der Waals surface area contributed by atoms with Gasteiger partial charge in [0.05, 0.1) is 13.2 Å². The molecule has 0 saturated carbocycles. The third-order valence-electron chi connectivity index (χ3n) is 4.44. The molecule has 138 valence electrons. The summed E-state index contributed by atoms with van der Waals surface area (Å²) < 4.78 is 21.3. The standard InChI is InChI=1S/C18H21N3O5/c22-18(19-4-1-5-21-6-8-23-9-7-21)14-11-16(26-20-14)13-2-3-15-17(10-13)25-12-24-15/h2-3,10-11H,1,4-9,12H2,(H,19,22). The van der Waals surface area contributed by atoms with Crippen molar-refractivity contribution in [1.29, 1.82) is 0 Å². The molecule has 0 bridgehead atoms. The van der Waals surface area contributed by atoms with Gasteiger partial charge in [-0.1, -0.05) is 5.16 Å². The Morgan fingerprint density at radius 1 is 1.15 bits per heavy atom. The molecule has 0 atom stereocenters. The van der Waals surface area contributed by atoms with Crippen LogP contribution < -0.4 is 14.8 Å². The Hall–Kier alpha value is -2.58. The van der Waals surface area contributed by atoms with Crippen LogP contribution in [0.2, 0.25) is 0 Å². The van der Waals surface area contributed by atoms with Gasteiger partial charge in [0.25, 0.3) is 5.91 Å². The van der Waals surface area contributed by atoms with Crippen LogP contribution in [-0.4, -0.2) is 62.1 Å². The van der Waals surface area contributed by atoms with Gasteiger partial charge in [-0.15, -0.1) is 0 Å². The number of nitrogens with one attached hydrogen (secondary N) is 1. The lowest BCUT2D eigenvalue weighted by Gasteiger charge is -2.26. The van der Waals surface area contributed by atoms with Gasteiger partial charge >= 0.3 is 0 Å². The van der Waals surface area contributed by atoms with E-state index in [-0.39, 0.29) is 18.4 Å². The fourth-order valence-corrected chi connectivity index (χ4v) is 2.99. The predicted molar refractivity (Wildman–Crippen MR) is 92.3 cm³/mol. The van der Waals surface area contributed by atoms with Gasteiger partial charge in [0.2, 0.25) is 6.79 Å². The minimum atomic E-state index is -0.234. The summed E-state index contributed by atoms with van der Waals surface area (Å²) in [6.07, 6.45) is 0.888. The van der Waals surface area contributed by atoms with Crippen LogP contribution >= 0.6 is 0 Å². The number of nitrogens with zero attached hydrogens (tertiary/aromatic N) is 2. The van der Waals surface area contributed by atoms with E-state index >= 15 is 0 Å². The average Bonchev–Trinajstić information content (AvgIpc) is 3.34. The Morgan fingerprint density at radius 2 is 2.00 bits per heavy atom. The summed E-state index contributed by atoms with van der Waals surface area (Å²) in [7, 11) is 0. The summed E-state index contributed by atoms with van der Waals surface area (Å²) in [4.78, 5) is 14.6. The third-order valence-corrected chi connectivity index (χ3v) is 4.44. The summed E-state index contributed by atoms with van der Waals surface area (Å²) in [6, 6.07) is 7.10. The minimum Gasteiger partial charge on any atom is -0.454 e. The van der Waals surface area contributed by atoms with Gasteiger partial charge in [0.1, 0.15) is 0 Å². The molecule has 0 spiro atoms. The van der Waals surface area contributed by atoms with Crippen LogP contribution in [0.3, 0.4) is 0 Å². The molecule has 1 N–H and O–H groups in total. The molecule has 1 aromatic carbocycles. The van der Waals surface area contributed by atoms with Crippen LogP contribution in [-0.2, 0) is 4.74 Å². The highest BCUT2D eigenvalue weighted by Crippen LogP contribution is 2.35. The van der Waals surface area contributed by atoms with E-state index in [4.69, 9.17) is 18.7 Å². The van der Waals surface area contributed by atoms with Gasteiger partial charge in [-0.3, -0.25) is 9.69 Å². The van der Waals surface area contributed by atoms with Crippen molar-refractivity contribution in [3.63, 3.8) is 0 Å². The second kappa shape index (κ2) is 7.76. The zero-order chi connectivity index (χ0) is 17.8. The van der Waals surface area contributed by atoms with E-state index in [2.05, 4.69) is 15.4 Å². The van der Waals surface area contributed by atoms with Crippen LogP contribution in [0.15, 0.2) is 28.8 Å². The van der Waals surface area contributed by atoms with Crippen molar-refractivity contribution in [3.05, 3.63) is 30.0 Å². The van der Waals surface area contributed by atoms with Crippen molar-refractivity contribution in [2.24, 2.45) is 0 Å². The van der Waals surface area contributed by atoms with Gasteiger partial charge in [0, 0.05) is 31.3 Å². The topological polar surface area (TPSA) is 86.1 Å². The average molecular weight is 359 g/mol. The van der Waals surface area contributed by atoms with Crippen molar-refractivity contribution in [3.8, 4) is 22.8 Å². The van der Waals surface area contributed by atoms with E-state index in [1.165, 1.54) is 0 Å². The maximum Gasteiger partial charge on any atom is 0.273 e. The van der Waals surface area contributed by atoms with Gasteiger partial charge < -0.3 is 24.1 Å². The first-order valence-corrected chi connectivity index (χ1v) is 8.74. The highest BCUT2D eigenvalue weighted by molar-refractivity contribution is 5.93. The molecule has 3 heterocycles. The second-order valence-corrected chi connectivity index (χ2v) is 6.21. The first kappa shape index (κ1) is 16.9. The molecule has 8 nitrogen and oxygen atoms in total. The number of fused-ring (bicyclic) bond motifs is 1. The summed E-state index contributed by atoms with van der Waals surface area (Å²) >= 11 is 0. The second-order valence-electron chi connectivity index (χ2n) is 6.21. The fraction of sp³-hybridized carbons (Fsp3) is 0.444. The fourth-order valence-electron chi connectivity index (χ4n) is 2.99. The first-order valence-electron chi connectivity index (χ1n) is 8.74. The molecule has 0 aliphatic carbocycles. The lowest BCUT2D eigenvalue weighted by Crippen LogP contribution is -2.38. The van der Waals surface area contributed by atoms with E-state index < -0.39 is 0 Å². The quantitative estimate of drug-likeness (QED) is 0.783. The minimum absolute atomic E-state index is 0.216. The van der Waals surface area contributed by atoms with Gasteiger partial charge in [0.15, 0.2) is 23.0 Å². The Morgan fingerprint density at radius 3 is 2.88 bits per heavy atom. The summed E-state index contributed by atoms with van der Waals surface area (Å²) in [5, 5.41) is 6.75. The van der Waals surface area contributed by atoms with Crippen LogP contribution in [0.5, 0.6) is 11.5 Å². The number of ether oxygens (including phenoxy) is 3. The number of hydrogen-bond donors (Lipinski definition) is 1. The third kappa shape index (κ3) is 3.81. The van der Waals surface area contributed by atoms with Crippen LogP contribution in [0.25, 0.3) is 11.3 Å². The number of benzene rings is 1. The SMILES string of the molecule is O=C(NCCCN1CCOCC1)c1cc(-c2ccc3c(c2)OCO3)on1. The lowest BCUT2D eigenvalue weighted by molar-refractivity contribution is 0.0374. The summed E-state index contributed by atoms with van der Waals surface area (Å²) in [6.45, 7) is 5.24. The maximum absolute atomic E-state index is 12.2. The molecule has 1 fully saturated rings. The first-order chi connectivity index (χ1) is 12.8. The number of carbonyl (C=O) groups is 1. The molecule has 1 saturated heterocycles. The molecule has 1 amide bonds. The van der Waals surface area contributed by atoms with Crippen LogP contribution in [0.4, 0.5) is 0 Å². The zero-order valence-electron chi connectivity index (χ0n) is 14.4. The van der Waals surface area contributed by atoms with Gasteiger partial charge in [-0.2, -0.15) is 0 Å². The Kier molecular flexibility index (Phi) is 5.03. The number of morpholine rings is 1. The number of carbonyl (C=O) groups excluding carboxylic acids is 1. The molecule has 1 aromatic heterocycles. The molecule has 2 aromatic rings. The molecular formula is C18H21N3O5. The summed E-state index contributed by atoms with van der Waals surface area (Å²) in [5.74, 6) is 1.64. The number of amides is 1. The van der Waals surface area contributed by atoms with Crippen molar-refractivity contribution in [1.82, 2.24) is 15.4 Å². The maximum atomic E-state index is 12.2. The molecule has 4 rings (SSSR count). The monoisotopic (exact) mass is 359 g/mol. The normalized spacial score (nSPS) is 16.6. The molecule has 0 radical (unpaired) electrons.